The molecule has 0 aliphatic carbocycles. The number of hydrogen-bond donors (Lipinski definition) is 2. The first-order chi connectivity index (χ1) is 9.20. The zero-order chi connectivity index (χ0) is 13.7. The van der Waals surface area contributed by atoms with Gasteiger partial charge in [-0.3, -0.25) is 4.79 Å². The van der Waals surface area contributed by atoms with E-state index in [-0.39, 0.29) is 5.91 Å². The molecule has 0 bridgehead atoms. The summed E-state index contributed by atoms with van der Waals surface area (Å²) in [6.07, 6.45) is 5.31. The molecule has 3 N–H and O–H groups in total. The van der Waals surface area contributed by atoms with E-state index in [4.69, 9.17) is 12.2 Å². The molecule has 1 amide bonds. The Balaban J connectivity index is 2.11. The lowest BCUT2D eigenvalue weighted by Gasteiger charge is -2.12. The maximum Gasteiger partial charge on any atom is 0.245 e. The van der Waals surface area contributed by atoms with Crippen molar-refractivity contribution in [3.63, 3.8) is 0 Å². The summed E-state index contributed by atoms with van der Waals surface area (Å²) in [5, 5.41) is 2.76. The lowest BCUT2D eigenvalue weighted by molar-refractivity contribution is -0.117. The molecule has 0 aromatic heterocycles. The average molecular weight is 250 g/mol. The summed E-state index contributed by atoms with van der Waals surface area (Å²) in [5.41, 5.74) is 8.04. The fraction of sp³-hybridized carbons (Fsp3) is 0.0625. The van der Waals surface area contributed by atoms with Gasteiger partial charge in [-0.15, -0.1) is 6.42 Å². The van der Waals surface area contributed by atoms with E-state index in [1.807, 2.05) is 30.3 Å². The molecule has 2 aromatic carbocycles. The molecular formula is C16H14N2O. The summed E-state index contributed by atoms with van der Waals surface area (Å²) in [6, 6.07) is 15.6. The van der Waals surface area contributed by atoms with Crippen molar-refractivity contribution in [2.75, 3.05) is 5.32 Å². The maximum atomic E-state index is 12.0. The Morgan fingerprint density at radius 1 is 1.16 bits per heavy atom. The summed E-state index contributed by atoms with van der Waals surface area (Å²) in [7, 11) is 0. The molecule has 19 heavy (non-hydrogen) atoms. The number of anilines is 1. The summed E-state index contributed by atoms with van der Waals surface area (Å²) in [4.78, 5) is 12.0. The summed E-state index contributed by atoms with van der Waals surface area (Å²) >= 11 is 0. The van der Waals surface area contributed by atoms with Gasteiger partial charge in [0, 0.05) is 11.3 Å². The zero-order valence-corrected chi connectivity index (χ0v) is 10.3. The Morgan fingerprint density at radius 3 is 2.58 bits per heavy atom. The fourth-order valence-corrected chi connectivity index (χ4v) is 1.72. The molecule has 2 rings (SSSR count). The molecule has 3 heteroatoms. The Labute approximate surface area is 112 Å². The van der Waals surface area contributed by atoms with Crippen molar-refractivity contribution in [3.8, 4) is 12.3 Å². The third-order valence-corrected chi connectivity index (χ3v) is 2.74. The molecule has 0 aliphatic heterocycles. The number of benzene rings is 2. The number of nitrogens with two attached hydrogens (primary N) is 1. The van der Waals surface area contributed by atoms with Crippen molar-refractivity contribution >= 4 is 11.6 Å². The topological polar surface area (TPSA) is 55.1 Å². The van der Waals surface area contributed by atoms with Crippen LogP contribution in [0.25, 0.3) is 0 Å². The Morgan fingerprint density at radius 2 is 1.89 bits per heavy atom. The molecule has 0 fully saturated rings. The van der Waals surface area contributed by atoms with Gasteiger partial charge in [0.1, 0.15) is 6.04 Å². The van der Waals surface area contributed by atoms with Crippen LogP contribution in [0.15, 0.2) is 54.6 Å². The summed E-state index contributed by atoms with van der Waals surface area (Å²) in [5.74, 6) is 2.26. The van der Waals surface area contributed by atoms with Gasteiger partial charge < -0.3 is 11.1 Å². The van der Waals surface area contributed by atoms with E-state index in [9.17, 15) is 4.79 Å². The van der Waals surface area contributed by atoms with Crippen LogP contribution in [0, 0.1) is 12.3 Å². The van der Waals surface area contributed by atoms with Crippen LogP contribution in [0.5, 0.6) is 0 Å². The standard InChI is InChI=1S/C16H14N2O/c1-2-12-7-6-10-14(11-12)18-16(19)15(17)13-8-4-3-5-9-13/h1,3-11,15H,17H2,(H,18,19)/t15-/m0/s1. The SMILES string of the molecule is C#Cc1cccc(NC(=O)[C@@H](N)c2ccccc2)c1. The third-order valence-electron chi connectivity index (χ3n) is 2.74. The quantitative estimate of drug-likeness (QED) is 0.821. The van der Waals surface area contributed by atoms with Crippen molar-refractivity contribution in [2.24, 2.45) is 5.73 Å². The minimum atomic E-state index is -0.698. The van der Waals surface area contributed by atoms with Gasteiger partial charge in [-0.05, 0) is 23.8 Å². The van der Waals surface area contributed by atoms with Crippen molar-refractivity contribution in [3.05, 3.63) is 65.7 Å². The van der Waals surface area contributed by atoms with E-state index in [1.165, 1.54) is 0 Å². The lowest BCUT2D eigenvalue weighted by atomic mass is 10.1. The number of terminal acetylenes is 1. The van der Waals surface area contributed by atoms with Gasteiger partial charge >= 0.3 is 0 Å². The van der Waals surface area contributed by atoms with Gasteiger partial charge in [0.2, 0.25) is 5.91 Å². The highest BCUT2D eigenvalue weighted by Gasteiger charge is 2.15. The van der Waals surface area contributed by atoms with Crippen LogP contribution in [-0.2, 0) is 4.79 Å². The van der Waals surface area contributed by atoms with E-state index in [0.717, 1.165) is 5.56 Å². The summed E-state index contributed by atoms with van der Waals surface area (Å²) < 4.78 is 0. The van der Waals surface area contributed by atoms with Crippen LogP contribution in [0.2, 0.25) is 0 Å². The molecule has 0 unspecified atom stereocenters. The van der Waals surface area contributed by atoms with Crippen LogP contribution in [0.4, 0.5) is 5.69 Å². The van der Waals surface area contributed by atoms with E-state index in [2.05, 4.69) is 11.2 Å². The van der Waals surface area contributed by atoms with Gasteiger partial charge in [-0.1, -0.05) is 42.3 Å². The molecule has 0 saturated carbocycles. The third kappa shape index (κ3) is 3.21. The molecule has 0 radical (unpaired) electrons. The zero-order valence-electron chi connectivity index (χ0n) is 10.3. The van der Waals surface area contributed by atoms with Crippen LogP contribution < -0.4 is 11.1 Å². The molecule has 1 atom stereocenters. The molecule has 2 aromatic rings. The van der Waals surface area contributed by atoms with E-state index in [1.54, 1.807) is 24.3 Å². The number of hydrogen-bond acceptors (Lipinski definition) is 2. The first-order valence-electron chi connectivity index (χ1n) is 5.89. The molecule has 0 aliphatic rings. The average Bonchev–Trinajstić information content (AvgIpc) is 2.47. The lowest BCUT2D eigenvalue weighted by Crippen LogP contribution is -2.27. The van der Waals surface area contributed by atoms with Crippen molar-refractivity contribution in [1.82, 2.24) is 0 Å². The highest BCUT2D eigenvalue weighted by molar-refractivity contribution is 5.95. The molecule has 94 valence electrons. The fourth-order valence-electron chi connectivity index (χ4n) is 1.72. The van der Waals surface area contributed by atoms with Crippen molar-refractivity contribution in [1.29, 1.82) is 0 Å². The number of carbonyl (C=O) groups is 1. The Kier molecular flexibility index (Phi) is 3.97. The minimum Gasteiger partial charge on any atom is -0.324 e. The largest absolute Gasteiger partial charge is 0.324 e. The Hall–Kier alpha value is -2.57. The van der Waals surface area contributed by atoms with Crippen LogP contribution in [0.3, 0.4) is 0 Å². The van der Waals surface area contributed by atoms with E-state index in [0.29, 0.717) is 11.3 Å². The number of rotatable bonds is 3. The molecular weight excluding hydrogens is 236 g/mol. The normalized spacial score (nSPS) is 11.4. The Bertz CT molecular complexity index is 614. The summed E-state index contributed by atoms with van der Waals surface area (Å²) in [6.45, 7) is 0. The van der Waals surface area contributed by atoms with Crippen molar-refractivity contribution < 1.29 is 4.79 Å². The number of nitrogens with one attached hydrogen (secondary N) is 1. The van der Waals surface area contributed by atoms with Gasteiger partial charge in [-0.25, -0.2) is 0 Å². The second-order valence-electron chi connectivity index (χ2n) is 4.10. The predicted molar refractivity (Wildman–Crippen MR) is 76.4 cm³/mol. The van der Waals surface area contributed by atoms with Crippen LogP contribution in [0.1, 0.15) is 17.2 Å². The van der Waals surface area contributed by atoms with Gasteiger partial charge in [0.25, 0.3) is 0 Å². The van der Waals surface area contributed by atoms with Crippen LogP contribution >= 0.6 is 0 Å². The second-order valence-corrected chi connectivity index (χ2v) is 4.10. The smallest absolute Gasteiger partial charge is 0.245 e. The van der Waals surface area contributed by atoms with Crippen LogP contribution in [-0.4, -0.2) is 5.91 Å². The van der Waals surface area contributed by atoms with Crippen molar-refractivity contribution in [2.45, 2.75) is 6.04 Å². The van der Waals surface area contributed by atoms with E-state index >= 15 is 0 Å². The molecule has 0 saturated heterocycles. The number of amides is 1. The highest BCUT2D eigenvalue weighted by Crippen LogP contribution is 2.14. The second kappa shape index (κ2) is 5.85. The van der Waals surface area contributed by atoms with Gasteiger partial charge in [-0.2, -0.15) is 0 Å². The number of carbonyl (C=O) groups excluding carboxylic acids is 1. The molecule has 3 nitrogen and oxygen atoms in total. The first-order valence-corrected chi connectivity index (χ1v) is 5.89. The minimum absolute atomic E-state index is 0.264. The monoisotopic (exact) mass is 250 g/mol. The predicted octanol–water partition coefficient (Wildman–Crippen LogP) is 2.31. The first kappa shape index (κ1) is 12.9. The molecule has 0 spiro atoms. The maximum absolute atomic E-state index is 12.0. The van der Waals surface area contributed by atoms with Gasteiger partial charge in [0.15, 0.2) is 0 Å². The van der Waals surface area contributed by atoms with E-state index < -0.39 is 6.04 Å². The molecule has 0 heterocycles. The van der Waals surface area contributed by atoms with Gasteiger partial charge in [0.05, 0.1) is 0 Å². The highest BCUT2D eigenvalue weighted by atomic mass is 16.2.